The molecule has 1 aliphatic rings. The molecular formula is C8H14F2. The molecule has 2 heteroatoms. The molecule has 0 saturated heterocycles. The Balaban J connectivity index is 2.18. The predicted octanol–water partition coefficient (Wildman–Crippen LogP) is 2.87. The number of rotatable bonds is 2. The van der Waals surface area contributed by atoms with E-state index in [1.807, 2.05) is 0 Å². The fourth-order valence-corrected chi connectivity index (χ4v) is 1.64. The molecule has 10 heavy (non-hydrogen) atoms. The molecule has 0 aromatic rings. The Morgan fingerprint density at radius 2 is 2.10 bits per heavy atom. The van der Waals surface area contributed by atoms with Gasteiger partial charge in [0.2, 0.25) is 0 Å². The molecule has 0 aromatic heterocycles. The van der Waals surface area contributed by atoms with Crippen molar-refractivity contribution in [2.45, 2.75) is 38.3 Å². The minimum absolute atomic E-state index is 0.280. The molecular weight excluding hydrogens is 134 g/mol. The van der Waals surface area contributed by atoms with Crippen LogP contribution in [0.25, 0.3) is 0 Å². The minimum Gasteiger partial charge on any atom is -0.251 e. The Bertz CT molecular complexity index is 91.3. The maximum atomic E-state index is 12.6. The summed E-state index contributed by atoms with van der Waals surface area (Å²) < 4.78 is 24.4. The summed E-state index contributed by atoms with van der Waals surface area (Å²) in [7, 11) is 0. The Kier molecular flexibility index (Phi) is 3.10. The van der Waals surface area contributed by atoms with Crippen LogP contribution in [-0.4, -0.2) is 12.8 Å². The maximum Gasteiger partial charge on any atom is 0.100 e. The molecule has 60 valence electrons. The van der Waals surface area contributed by atoms with Crippen molar-refractivity contribution in [3.63, 3.8) is 0 Å². The van der Waals surface area contributed by atoms with Crippen LogP contribution in [0.5, 0.6) is 0 Å². The lowest BCUT2D eigenvalue weighted by Crippen LogP contribution is -2.16. The van der Waals surface area contributed by atoms with E-state index in [0.29, 0.717) is 25.2 Å². The highest BCUT2D eigenvalue weighted by molar-refractivity contribution is 4.71. The number of hydrogen-bond acceptors (Lipinski definition) is 0. The number of hydrogen-bond donors (Lipinski definition) is 0. The molecule has 0 heterocycles. The lowest BCUT2D eigenvalue weighted by molar-refractivity contribution is 0.184. The van der Waals surface area contributed by atoms with Crippen LogP contribution in [0, 0.1) is 5.92 Å². The van der Waals surface area contributed by atoms with Gasteiger partial charge in [-0.3, -0.25) is 4.39 Å². The quantitative estimate of drug-likeness (QED) is 0.564. The van der Waals surface area contributed by atoms with Gasteiger partial charge >= 0.3 is 0 Å². The first-order valence-corrected chi connectivity index (χ1v) is 4.03. The zero-order chi connectivity index (χ0) is 7.40. The highest BCUT2D eigenvalue weighted by Crippen LogP contribution is 2.28. The largest absolute Gasteiger partial charge is 0.251 e. The van der Waals surface area contributed by atoms with Crippen LogP contribution in [0.3, 0.4) is 0 Å². The normalized spacial score (nSPS) is 34.2. The van der Waals surface area contributed by atoms with Crippen molar-refractivity contribution in [3.8, 4) is 0 Å². The van der Waals surface area contributed by atoms with Crippen LogP contribution in [0.2, 0.25) is 0 Å². The van der Waals surface area contributed by atoms with Crippen LogP contribution in [0.1, 0.15) is 32.1 Å². The monoisotopic (exact) mass is 148 g/mol. The van der Waals surface area contributed by atoms with Gasteiger partial charge in [0.25, 0.3) is 0 Å². The predicted molar refractivity (Wildman–Crippen MR) is 37.4 cm³/mol. The Morgan fingerprint density at radius 1 is 1.30 bits per heavy atom. The zero-order valence-corrected chi connectivity index (χ0v) is 6.15. The molecule has 0 nitrogen and oxygen atoms in total. The number of alkyl halides is 2. The van der Waals surface area contributed by atoms with Crippen LogP contribution >= 0.6 is 0 Å². The van der Waals surface area contributed by atoms with E-state index in [2.05, 4.69) is 0 Å². The fraction of sp³-hybridized carbons (Fsp3) is 1.00. The summed E-state index contributed by atoms with van der Waals surface area (Å²) in [4.78, 5) is 0. The highest BCUT2D eigenvalue weighted by atomic mass is 19.1. The van der Waals surface area contributed by atoms with Crippen LogP contribution in [0.4, 0.5) is 8.78 Å². The molecule has 0 amide bonds. The van der Waals surface area contributed by atoms with Crippen molar-refractivity contribution in [3.05, 3.63) is 0 Å². The van der Waals surface area contributed by atoms with E-state index in [-0.39, 0.29) is 6.67 Å². The molecule has 0 N–H and O–H groups in total. The number of halogens is 2. The van der Waals surface area contributed by atoms with Crippen molar-refractivity contribution in [1.29, 1.82) is 0 Å². The lowest BCUT2D eigenvalue weighted by atomic mass is 9.86. The first-order chi connectivity index (χ1) is 4.83. The standard InChI is InChI=1S/C8H14F2/c9-5-4-7-2-1-3-8(10)6-7/h7-8H,1-6H2. The van der Waals surface area contributed by atoms with E-state index in [1.54, 1.807) is 0 Å². The highest BCUT2D eigenvalue weighted by Gasteiger charge is 2.20. The van der Waals surface area contributed by atoms with E-state index in [1.165, 1.54) is 0 Å². The molecule has 1 aliphatic carbocycles. The first kappa shape index (κ1) is 7.96. The molecule has 1 fully saturated rings. The van der Waals surface area contributed by atoms with Gasteiger partial charge in [-0.25, -0.2) is 4.39 Å². The van der Waals surface area contributed by atoms with E-state index >= 15 is 0 Å². The molecule has 1 rings (SSSR count). The van der Waals surface area contributed by atoms with Gasteiger partial charge in [0, 0.05) is 0 Å². The average Bonchev–Trinajstić information content (AvgIpc) is 1.88. The third-order valence-corrected chi connectivity index (χ3v) is 2.24. The van der Waals surface area contributed by atoms with Crippen LogP contribution in [0.15, 0.2) is 0 Å². The third-order valence-electron chi connectivity index (χ3n) is 2.24. The summed E-state index contributed by atoms with van der Waals surface area (Å²) in [5, 5.41) is 0. The average molecular weight is 148 g/mol. The van der Waals surface area contributed by atoms with E-state index in [4.69, 9.17) is 0 Å². The second kappa shape index (κ2) is 3.89. The van der Waals surface area contributed by atoms with Crippen molar-refractivity contribution in [2.75, 3.05) is 6.67 Å². The smallest absolute Gasteiger partial charge is 0.100 e. The van der Waals surface area contributed by atoms with Gasteiger partial charge in [0.1, 0.15) is 6.17 Å². The molecule has 0 radical (unpaired) electrons. The van der Waals surface area contributed by atoms with E-state index in [0.717, 1.165) is 12.8 Å². The van der Waals surface area contributed by atoms with Crippen molar-refractivity contribution >= 4 is 0 Å². The summed E-state index contributed by atoms with van der Waals surface area (Å²) in [6.45, 7) is -0.280. The summed E-state index contributed by atoms with van der Waals surface area (Å²) in [5.74, 6) is 0.328. The van der Waals surface area contributed by atoms with Gasteiger partial charge in [-0.05, 0) is 25.2 Å². The van der Waals surface area contributed by atoms with Crippen LogP contribution in [-0.2, 0) is 0 Å². The van der Waals surface area contributed by atoms with Crippen LogP contribution < -0.4 is 0 Å². The summed E-state index contributed by atoms with van der Waals surface area (Å²) in [5.41, 5.74) is 0. The van der Waals surface area contributed by atoms with Gasteiger partial charge in [-0.1, -0.05) is 12.8 Å². The molecule has 0 aliphatic heterocycles. The summed E-state index contributed by atoms with van der Waals surface area (Å²) in [6, 6.07) is 0. The fourth-order valence-electron chi connectivity index (χ4n) is 1.64. The van der Waals surface area contributed by atoms with Gasteiger partial charge in [-0.15, -0.1) is 0 Å². The maximum absolute atomic E-state index is 12.6. The summed E-state index contributed by atoms with van der Waals surface area (Å²) in [6.07, 6.45) is 3.20. The van der Waals surface area contributed by atoms with Crippen molar-refractivity contribution in [2.24, 2.45) is 5.92 Å². The van der Waals surface area contributed by atoms with E-state index in [9.17, 15) is 8.78 Å². The molecule has 0 bridgehead atoms. The zero-order valence-electron chi connectivity index (χ0n) is 6.15. The van der Waals surface area contributed by atoms with E-state index < -0.39 is 6.17 Å². The Labute approximate surface area is 60.6 Å². The van der Waals surface area contributed by atoms with Gasteiger partial charge in [0.05, 0.1) is 6.67 Å². The molecule has 0 aromatic carbocycles. The Morgan fingerprint density at radius 3 is 2.70 bits per heavy atom. The topological polar surface area (TPSA) is 0 Å². The SMILES string of the molecule is FCCC1CCCC(F)C1. The third kappa shape index (κ3) is 2.24. The molecule has 1 saturated carbocycles. The molecule has 2 unspecified atom stereocenters. The van der Waals surface area contributed by atoms with Crippen molar-refractivity contribution < 1.29 is 8.78 Å². The van der Waals surface area contributed by atoms with Gasteiger partial charge in [-0.2, -0.15) is 0 Å². The second-order valence-corrected chi connectivity index (χ2v) is 3.11. The Hall–Kier alpha value is -0.140. The van der Waals surface area contributed by atoms with Gasteiger partial charge in [0.15, 0.2) is 0 Å². The lowest BCUT2D eigenvalue weighted by Gasteiger charge is -2.23. The first-order valence-electron chi connectivity index (χ1n) is 4.03. The summed E-state index contributed by atoms with van der Waals surface area (Å²) >= 11 is 0. The second-order valence-electron chi connectivity index (χ2n) is 3.11. The minimum atomic E-state index is -0.648. The molecule has 2 atom stereocenters. The van der Waals surface area contributed by atoms with Gasteiger partial charge < -0.3 is 0 Å². The molecule has 0 spiro atoms. The van der Waals surface area contributed by atoms with Crippen molar-refractivity contribution in [1.82, 2.24) is 0 Å².